The number of halogens is 1. The van der Waals surface area contributed by atoms with Crippen LogP contribution in [0.4, 0.5) is 4.39 Å². The third-order valence-corrected chi connectivity index (χ3v) is 5.38. The number of amides is 1. The number of hydrogen-bond acceptors (Lipinski definition) is 2. The Morgan fingerprint density at radius 1 is 1.00 bits per heavy atom. The van der Waals surface area contributed by atoms with Gasteiger partial charge in [-0.25, -0.2) is 4.39 Å². The second kappa shape index (κ2) is 10.2. The zero-order valence-electron chi connectivity index (χ0n) is 15.9. The van der Waals surface area contributed by atoms with Gasteiger partial charge in [0.1, 0.15) is 5.82 Å². The normalized spacial score (nSPS) is 15.1. The molecule has 0 unspecified atom stereocenters. The van der Waals surface area contributed by atoms with Crippen molar-refractivity contribution in [1.82, 2.24) is 10.2 Å². The average molecular weight is 368 g/mol. The highest BCUT2D eigenvalue weighted by Crippen LogP contribution is 2.22. The summed E-state index contributed by atoms with van der Waals surface area (Å²) in [5.74, 6) is 0.746. The third kappa shape index (κ3) is 6.17. The zero-order valence-corrected chi connectivity index (χ0v) is 15.9. The molecule has 1 saturated heterocycles. The van der Waals surface area contributed by atoms with E-state index in [0.717, 1.165) is 37.9 Å². The van der Waals surface area contributed by atoms with E-state index in [1.165, 1.54) is 11.6 Å². The molecular formula is C23H29FN2O. The minimum absolute atomic E-state index is 0.159. The summed E-state index contributed by atoms with van der Waals surface area (Å²) in [5, 5.41) is 3.26. The molecule has 0 radical (unpaired) electrons. The van der Waals surface area contributed by atoms with Crippen molar-refractivity contribution in [3.05, 3.63) is 71.5 Å². The molecule has 2 aromatic rings. The number of carbonyl (C=O) groups excluding carboxylic acids is 1. The second-order valence-electron chi connectivity index (χ2n) is 7.36. The number of carbonyl (C=O) groups is 1. The van der Waals surface area contributed by atoms with Crippen LogP contribution in [0.3, 0.4) is 0 Å². The standard InChI is InChI=1S/C23H29FN2O/c24-22-9-5-4-8-21(22)10-14-25-15-11-23(27)26-16-12-20(13-17-26)18-19-6-2-1-3-7-19/h1-9,20,25H,10-18H2. The Hall–Kier alpha value is -2.20. The van der Waals surface area contributed by atoms with Gasteiger partial charge < -0.3 is 10.2 Å². The van der Waals surface area contributed by atoms with Gasteiger partial charge in [-0.05, 0) is 55.3 Å². The number of hydrogen-bond donors (Lipinski definition) is 1. The molecule has 1 heterocycles. The Bertz CT molecular complexity index is 711. The molecule has 0 atom stereocenters. The van der Waals surface area contributed by atoms with Crippen molar-refractivity contribution < 1.29 is 9.18 Å². The summed E-state index contributed by atoms with van der Waals surface area (Å²) in [6, 6.07) is 17.4. The maximum atomic E-state index is 13.6. The highest BCUT2D eigenvalue weighted by atomic mass is 19.1. The van der Waals surface area contributed by atoms with E-state index in [1.54, 1.807) is 6.07 Å². The molecule has 0 spiro atoms. The minimum Gasteiger partial charge on any atom is -0.343 e. The van der Waals surface area contributed by atoms with Crippen molar-refractivity contribution in [2.45, 2.75) is 32.1 Å². The van der Waals surface area contributed by atoms with Gasteiger partial charge in [-0.3, -0.25) is 4.79 Å². The van der Waals surface area contributed by atoms with Crippen molar-refractivity contribution in [3.63, 3.8) is 0 Å². The average Bonchev–Trinajstić information content (AvgIpc) is 2.70. The lowest BCUT2D eigenvalue weighted by atomic mass is 9.90. The predicted molar refractivity (Wildman–Crippen MR) is 107 cm³/mol. The van der Waals surface area contributed by atoms with E-state index in [2.05, 4.69) is 35.6 Å². The van der Waals surface area contributed by atoms with Gasteiger partial charge in [-0.2, -0.15) is 0 Å². The molecule has 144 valence electrons. The Morgan fingerprint density at radius 2 is 1.70 bits per heavy atom. The number of piperidine rings is 1. The molecule has 1 N–H and O–H groups in total. The fourth-order valence-corrected chi connectivity index (χ4v) is 3.74. The predicted octanol–water partition coefficient (Wildman–Crippen LogP) is 3.83. The molecule has 0 aromatic heterocycles. The molecule has 1 fully saturated rings. The Kier molecular flexibility index (Phi) is 7.40. The van der Waals surface area contributed by atoms with Gasteiger partial charge in [0.2, 0.25) is 5.91 Å². The van der Waals surface area contributed by atoms with E-state index in [4.69, 9.17) is 0 Å². The van der Waals surface area contributed by atoms with Crippen LogP contribution >= 0.6 is 0 Å². The number of likely N-dealkylation sites (tertiary alicyclic amines) is 1. The highest BCUT2D eigenvalue weighted by Gasteiger charge is 2.22. The van der Waals surface area contributed by atoms with Gasteiger partial charge in [-0.15, -0.1) is 0 Å². The highest BCUT2D eigenvalue weighted by molar-refractivity contribution is 5.76. The van der Waals surface area contributed by atoms with E-state index in [9.17, 15) is 9.18 Å². The third-order valence-electron chi connectivity index (χ3n) is 5.38. The van der Waals surface area contributed by atoms with E-state index in [-0.39, 0.29) is 11.7 Å². The lowest BCUT2D eigenvalue weighted by Gasteiger charge is -2.32. The van der Waals surface area contributed by atoms with Crippen molar-refractivity contribution in [1.29, 1.82) is 0 Å². The smallest absolute Gasteiger partial charge is 0.223 e. The SMILES string of the molecule is O=C(CCNCCc1ccccc1F)N1CCC(Cc2ccccc2)CC1. The molecule has 1 amide bonds. The fourth-order valence-electron chi connectivity index (χ4n) is 3.74. The Labute approximate surface area is 161 Å². The molecule has 0 bridgehead atoms. The van der Waals surface area contributed by atoms with Gasteiger partial charge in [-0.1, -0.05) is 48.5 Å². The molecule has 3 rings (SSSR count). The molecule has 27 heavy (non-hydrogen) atoms. The van der Waals surface area contributed by atoms with Crippen LogP contribution in [0.15, 0.2) is 54.6 Å². The van der Waals surface area contributed by atoms with Crippen LogP contribution in [-0.4, -0.2) is 37.0 Å². The summed E-state index contributed by atoms with van der Waals surface area (Å²) in [6.45, 7) is 3.07. The number of nitrogens with one attached hydrogen (secondary N) is 1. The second-order valence-corrected chi connectivity index (χ2v) is 7.36. The van der Waals surface area contributed by atoms with E-state index in [0.29, 0.717) is 31.8 Å². The van der Waals surface area contributed by atoms with Crippen LogP contribution in [0, 0.1) is 11.7 Å². The summed E-state index contributed by atoms with van der Waals surface area (Å²) in [7, 11) is 0. The van der Waals surface area contributed by atoms with Crippen LogP contribution in [0.25, 0.3) is 0 Å². The Morgan fingerprint density at radius 3 is 2.44 bits per heavy atom. The summed E-state index contributed by atoms with van der Waals surface area (Å²) in [6.07, 6.45) is 4.44. The first-order valence-corrected chi connectivity index (χ1v) is 9.98. The maximum absolute atomic E-state index is 13.6. The summed E-state index contributed by atoms with van der Waals surface area (Å²) >= 11 is 0. The van der Waals surface area contributed by atoms with Crippen molar-refractivity contribution in [2.75, 3.05) is 26.2 Å². The van der Waals surface area contributed by atoms with Gasteiger partial charge in [0.05, 0.1) is 0 Å². The monoisotopic (exact) mass is 368 g/mol. The Balaban J connectivity index is 1.30. The minimum atomic E-state index is -0.159. The largest absolute Gasteiger partial charge is 0.343 e. The number of nitrogens with zero attached hydrogens (tertiary/aromatic N) is 1. The lowest BCUT2D eigenvalue weighted by Crippen LogP contribution is -2.40. The molecular weight excluding hydrogens is 339 g/mol. The lowest BCUT2D eigenvalue weighted by molar-refractivity contribution is -0.132. The summed E-state index contributed by atoms with van der Waals surface area (Å²) < 4.78 is 13.6. The molecule has 4 heteroatoms. The topological polar surface area (TPSA) is 32.3 Å². The van der Waals surface area contributed by atoms with Crippen molar-refractivity contribution in [2.24, 2.45) is 5.92 Å². The molecule has 1 aliphatic rings. The van der Waals surface area contributed by atoms with Gasteiger partial charge in [0.25, 0.3) is 0 Å². The van der Waals surface area contributed by atoms with Gasteiger partial charge >= 0.3 is 0 Å². The van der Waals surface area contributed by atoms with Crippen LogP contribution in [0.1, 0.15) is 30.4 Å². The molecule has 3 nitrogen and oxygen atoms in total. The van der Waals surface area contributed by atoms with Crippen molar-refractivity contribution in [3.8, 4) is 0 Å². The van der Waals surface area contributed by atoms with E-state index >= 15 is 0 Å². The van der Waals surface area contributed by atoms with Crippen LogP contribution in [0.2, 0.25) is 0 Å². The number of benzene rings is 2. The van der Waals surface area contributed by atoms with E-state index in [1.807, 2.05) is 17.0 Å². The molecule has 2 aromatic carbocycles. The van der Waals surface area contributed by atoms with Gasteiger partial charge in [0, 0.05) is 26.1 Å². The van der Waals surface area contributed by atoms with Crippen molar-refractivity contribution >= 4 is 5.91 Å². The summed E-state index contributed by atoms with van der Waals surface area (Å²) in [4.78, 5) is 14.4. The van der Waals surface area contributed by atoms with Crippen LogP contribution in [0.5, 0.6) is 0 Å². The fraction of sp³-hybridized carbons (Fsp3) is 0.435. The van der Waals surface area contributed by atoms with Crippen LogP contribution < -0.4 is 5.32 Å². The maximum Gasteiger partial charge on any atom is 0.223 e. The van der Waals surface area contributed by atoms with E-state index < -0.39 is 0 Å². The molecule has 0 saturated carbocycles. The number of rotatable bonds is 8. The van der Waals surface area contributed by atoms with Crippen LogP contribution in [-0.2, 0) is 17.6 Å². The first-order valence-electron chi connectivity index (χ1n) is 9.98. The summed E-state index contributed by atoms with van der Waals surface area (Å²) in [5.41, 5.74) is 2.11. The first-order chi connectivity index (χ1) is 13.2. The quantitative estimate of drug-likeness (QED) is 0.718. The molecule has 1 aliphatic heterocycles. The van der Waals surface area contributed by atoms with Gasteiger partial charge in [0.15, 0.2) is 0 Å². The molecule has 0 aliphatic carbocycles. The first kappa shape index (κ1) is 19.6. The zero-order chi connectivity index (χ0) is 18.9.